The molecule has 1 N–H and O–H groups in total. The highest BCUT2D eigenvalue weighted by molar-refractivity contribution is 6.33. The van der Waals surface area contributed by atoms with E-state index in [1.165, 1.54) is 11.1 Å². The van der Waals surface area contributed by atoms with E-state index in [-0.39, 0.29) is 0 Å². The Morgan fingerprint density at radius 2 is 1.97 bits per heavy atom. The van der Waals surface area contributed by atoms with Crippen molar-refractivity contribution in [3.8, 4) is 16.9 Å². The summed E-state index contributed by atoms with van der Waals surface area (Å²) in [6, 6.07) is 22.9. The van der Waals surface area contributed by atoms with Gasteiger partial charge in [0.15, 0.2) is 0 Å². The van der Waals surface area contributed by atoms with Crippen molar-refractivity contribution >= 4 is 34.9 Å². The Morgan fingerprint density at radius 3 is 2.81 bits per heavy atom. The fourth-order valence-electron chi connectivity index (χ4n) is 4.01. The number of nitrogens with one attached hydrogen (secondary N) is 1. The van der Waals surface area contributed by atoms with E-state index in [0.29, 0.717) is 5.02 Å². The monoisotopic (exact) mass is 424 g/mol. The van der Waals surface area contributed by atoms with Crippen LogP contribution >= 0.6 is 11.6 Å². The maximum absolute atomic E-state index is 6.71. The van der Waals surface area contributed by atoms with Gasteiger partial charge >= 0.3 is 0 Å². The maximum atomic E-state index is 6.71. The largest absolute Gasteiger partial charge is 0.317 e. The van der Waals surface area contributed by atoms with Crippen LogP contribution in [0.25, 0.3) is 27.8 Å². The van der Waals surface area contributed by atoms with Gasteiger partial charge in [0, 0.05) is 22.8 Å². The number of hydrogen-bond donors (Lipinski definition) is 1. The van der Waals surface area contributed by atoms with Gasteiger partial charge in [0.2, 0.25) is 0 Å². The lowest BCUT2D eigenvalue weighted by atomic mass is 9.99. The zero-order valence-corrected chi connectivity index (χ0v) is 17.9. The second kappa shape index (κ2) is 7.89. The minimum atomic E-state index is 0.655. The van der Waals surface area contributed by atoms with Crippen LogP contribution in [0.2, 0.25) is 5.02 Å². The summed E-state index contributed by atoms with van der Waals surface area (Å²) in [7, 11) is 0. The molecule has 3 aromatic carbocycles. The fraction of sp³-hybridized carbons (Fsp3) is 0.0769. The van der Waals surface area contributed by atoms with Crippen LogP contribution in [-0.2, 0) is 6.42 Å². The minimum absolute atomic E-state index is 0.655. The number of benzene rings is 3. The lowest BCUT2D eigenvalue weighted by Gasteiger charge is -2.15. The van der Waals surface area contributed by atoms with Crippen LogP contribution in [-0.4, -0.2) is 21.5 Å². The lowest BCUT2D eigenvalue weighted by Crippen LogP contribution is -1.97. The Balaban J connectivity index is 1.60. The normalized spacial score (nSPS) is 11.2. The Kier molecular flexibility index (Phi) is 4.92. The molecule has 0 fully saturated rings. The zero-order chi connectivity index (χ0) is 21.4. The summed E-state index contributed by atoms with van der Waals surface area (Å²) in [4.78, 5) is 4.23. The summed E-state index contributed by atoms with van der Waals surface area (Å²) in [6.45, 7) is 5.85. The molecule has 31 heavy (non-hydrogen) atoms. The van der Waals surface area contributed by atoms with Crippen molar-refractivity contribution in [2.24, 2.45) is 4.99 Å². The van der Waals surface area contributed by atoms with E-state index in [9.17, 15) is 0 Å². The second-order valence-electron chi connectivity index (χ2n) is 7.69. The van der Waals surface area contributed by atoms with Gasteiger partial charge in [-0.15, -0.1) is 0 Å². The van der Waals surface area contributed by atoms with Gasteiger partial charge in [0.1, 0.15) is 0 Å². The molecule has 0 spiro atoms. The van der Waals surface area contributed by atoms with Crippen molar-refractivity contribution in [1.82, 2.24) is 14.8 Å². The predicted octanol–water partition coefficient (Wildman–Crippen LogP) is 6.91. The van der Waals surface area contributed by atoms with E-state index in [0.717, 1.165) is 45.5 Å². The summed E-state index contributed by atoms with van der Waals surface area (Å²) in [6.07, 6.45) is 4.61. The number of hydrogen-bond acceptors (Lipinski definition) is 2. The van der Waals surface area contributed by atoms with E-state index in [1.54, 1.807) is 0 Å². The van der Waals surface area contributed by atoms with Crippen molar-refractivity contribution in [3.63, 3.8) is 0 Å². The number of nitrogens with zero attached hydrogens (tertiary/aromatic N) is 3. The van der Waals surface area contributed by atoms with Gasteiger partial charge < -0.3 is 4.57 Å². The summed E-state index contributed by atoms with van der Waals surface area (Å²) in [5, 5.41) is 8.90. The van der Waals surface area contributed by atoms with Gasteiger partial charge in [0.05, 0.1) is 28.1 Å². The molecule has 0 radical (unpaired) electrons. The number of H-pyrrole nitrogens is 1. The quantitative estimate of drug-likeness (QED) is 0.306. The van der Waals surface area contributed by atoms with Crippen LogP contribution in [0.1, 0.15) is 16.7 Å². The molecule has 5 rings (SSSR count). The molecular formula is C26H21ClN4. The average molecular weight is 425 g/mol. The topological polar surface area (TPSA) is 46.0 Å². The van der Waals surface area contributed by atoms with Crippen molar-refractivity contribution in [1.29, 1.82) is 0 Å². The molecule has 0 atom stereocenters. The molecule has 2 heterocycles. The lowest BCUT2D eigenvalue weighted by molar-refractivity contribution is 1.08. The standard InChI is InChI=1S/C26H21ClN4/c1-17-5-3-6-21(11-17)31-10-4-7-26(31)22-14-20(24(28-2)15-23(22)27)12-18-8-9-19-16-29-30-25(19)13-18/h3-11,13-16H,2,12H2,1H3,(H,29,30). The maximum Gasteiger partial charge on any atom is 0.0673 e. The van der Waals surface area contributed by atoms with Gasteiger partial charge in [-0.1, -0.05) is 35.9 Å². The number of rotatable bonds is 5. The van der Waals surface area contributed by atoms with Crippen molar-refractivity contribution in [2.75, 3.05) is 0 Å². The van der Waals surface area contributed by atoms with Crippen LogP contribution in [0.3, 0.4) is 0 Å². The predicted molar refractivity (Wildman–Crippen MR) is 129 cm³/mol. The highest BCUT2D eigenvalue weighted by Crippen LogP contribution is 2.36. The Morgan fingerprint density at radius 1 is 1.06 bits per heavy atom. The Hall–Kier alpha value is -3.63. The molecule has 4 nitrogen and oxygen atoms in total. The van der Waals surface area contributed by atoms with Crippen molar-refractivity contribution in [3.05, 3.63) is 101 Å². The van der Waals surface area contributed by atoms with Crippen LogP contribution < -0.4 is 0 Å². The highest BCUT2D eigenvalue weighted by Gasteiger charge is 2.14. The molecular weight excluding hydrogens is 404 g/mol. The van der Waals surface area contributed by atoms with Crippen LogP contribution in [0.4, 0.5) is 5.69 Å². The molecule has 0 saturated heterocycles. The average Bonchev–Trinajstić information content (AvgIpc) is 3.44. The van der Waals surface area contributed by atoms with Crippen molar-refractivity contribution < 1.29 is 0 Å². The number of aromatic nitrogens is 3. The first kappa shape index (κ1) is 19.3. The van der Waals surface area contributed by atoms with Crippen LogP contribution in [0, 0.1) is 6.92 Å². The molecule has 152 valence electrons. The molecule has 0 bridgehead atoms. The molecule has 2 aromatic heterocycles. The molecule has 0 unspecified atom stereocenters. The van der Waals surface area contributed by atoms with E-state index in [4.69, 9.17) is 11.6 Å². The first-order valence-corrected chi connectivity index (χ1v) is 10.5. The fourth-order valence-corrected chi connectivity index (χ4v) is 4.26. The molecule has 0 aliphatic carbocycles. The summed E-state index contributed by atoms with van der Waals surface area (Å²) in [5.74, 6) is 0. The number of fused-ring (bicyclic) bond motifs is 1. The molecule has 5 aromatic rings. The minimum Gasteiger partial charge on any atom is -0.317 e. The smallest absolute Gasteiger partial charge is 0.0673 e. The van der Waals surface area contributed by atoms with Crippen LogP contribution in [0.15, 0.2) is 84.1 Å². The SMILES string of the molecule is C=Nc1cc(Cl)c(-c2cccn2-c2cccc(C)c2)cc1Cc1ccc2cn[nH]c2c1. The Labute approximate surface area is 185 Å². The van der Waals surface area contributed by atoms with E-state index >= 15 is 0 Å². The van der Waals surface area contributed by atoms with Crippen LogP contribution in [0.5, 0.6) is 0 Å². The molecule has 5 heteroatoms. The zero-order valence-electron chi connectivity index (χ0n) is 17.1. The summed E-state index contributed by atoms with van der Waals surface area (Å²) >= 11 is 6.71. The number of aromatic amines is 1. The molecule has 0 aliphatic heterocycles. The first-order valence-electron chi connectivity index (χ1n) is 10.1. The van der Waals surface area contributed by atoms with E-state index < -0.39 is 0 Å². The summed E-state index contributed by atoms with van der Waals surface area (Å²) < 4.78 is 2.16. The molecule has 0 amide bonds. The van der Waals surface area contributed by atoms with Gasteiger partial charge in [0.25, 0.3) is 0 Å². The second-order valence-corrected chi connectivity index (χ2v) is 8.10. The molecule has 0 aliphatic rings. The van der Waals surface area contributed by atoms with E-state index in [2.05, 4.69) is 94.2 Å². The van der Waals surface area contributed by atoms with Gasteiger partial charge in [-0.05, 0) is 79.2 Å². The highest BCUT2D eigenvalue weighted by atomic mass is 35.5. The van der Waals surface area contributed by atoms with E-state index in [1.807, 2.05) is 18.3 Å². The molecule has 0 saturated carbocycles. The van der Waals surface area contributed by atoms with Gasteiger partial charge in [-0.3, -0.25) is 10.1 Å². The third-order valence-electron chi connectivity index (χ3n) is 5.54. The third-order valence-corrected chi connectivity index (χ3v) is 5.86. The van der Waals surface area contributed by atoms with Crippen molar-refractivity contribution in [2.45, 2.75) is 13.3 Å². The number of aliphatic imine (C=N–C) groups is 1. The summed E-state index contributed by atoms with van der Waals surface area (Å²) in [5.41, 5.74) is 8.39. The van der Waals surface area contributed by atoms with Gasteiger partial charge in [-0.25, -0.2) is 0 Å². The van der Waals surface area contributed by atoms with Gasteiger partial charge in [-0.2, -0.15) is 5.10 Å². The first-order chi connectivity index (χ1) is 15.1. The number of aryl methyl sites for hydroxylation is 1. The Bertz CT molecular complexity index is 1410. The number of halogens is 1. The third kappa shape index (κ3) is 3.66.